The van der Waals surface area contributed by atoms with Gasteiger partial charge in [0, 0.05) is 38.9 Å². The SMILES string of the molecule is COCCC(=O)N1CCCN(C2=NS(=O)(=O)C(c3ccc(F)cc3)=C2C)CC1. The summed E-state index contributed by atoms with van der Waals surface area (Å²) in [6.45, 7) is 4.33. The van der Waals surface area contributed by atoms with Crippen molar-refractivity contribution in [2.75, 3.05) is 39.9 Å². The van der Waals surface area contributed by atoms with Gasteiger partial charge in [-0.15, -0.1) is 4.40 Å². The predicted octanol–water partition coefficient (Wildman–Crippen LogP) is 1.87. The number of benzene rings is 1. The van der Waals surface area contributed by atoms with Gasteiger partial charge in [-0.1, -0.05) is 12.1 Å². The Balaban J connectivity index is 1.80. The molecule has 3 rings (SSSR count). The molecule has 0 saturated carbocycles. The van der Waals surface area contributed by atoms with Gasteiger partial charge in [0.2, 0.25) is 5.91 Å². The minimum Gasteiger partial charge on any atom is -0.384 e. The van der Waals surface area contributed by atoms with Crippen LogP contribution in [0.5, 0.6) is 0 Å². The van der Waals surface area contributed by atoms with Crippen molar-refractivity contribution in [2.45, 2.75) is 19.8 Å². The number of carbonyl (C=O) groups excluding carboxylic acids is 1. The fraction of sp³-hybridized carbons (Fsp3) is 0.474. The number of hydrogen-bond acceptors (Lipinski definition) is 5. The Labute approximate surface area is 164 Å². The number of rotatable bonds is 4. The highest BCUT2D eigenvalue weighted by molar-refractivity contribution is 8.00. The van der Waals surface area contributed by atoms with E-state index in [1.54, 1.807) is 18.9 Å². The Bertz CT molecular complexity index is 910. The molecule has 0 atom stereocenters. The molecule has 0 N–H and O–H groups in total. The number of nitrogens with zero attached hydrogens (tertiary/aromatic N) is 3. The molecule has 0 spiro atoms. The second-order valence-corrected chi connectivity index (χ2v) is 8.36. The first-order chi connectivity index (χ1) is 13.3. The van der Waals surface area contributed by atoms with Crippen LogP contribution < -0.4 is 0 Å². The summed E-state index contributed by atoms with van der Waals surface area (Å²) >= 11 is 0. The Morgan fingerprint density at radius 2 is 1.89 bits per heavy atom. The molecule has 1 aromatic carbocycles. The number of amidine groups is 1. The normalized spacial score (nSPS) is 19.6. The van der Waals surface area contributed by atoms with Crippen molar-refractivity contribution in [1.82, 2.24) is 9.80 Å². The highest BCUT2D eigenvalue weighted by Gasteiger charge is 2.34. The van der Waals surface area contributed by atoms with Crippen molar-refractivity contribution < 1.29 is 22.3 Å². The molecule has 0 aliphatic carbocycles. The van der Waals surface area contributed by atoms with Gasteiger partial charge < -0.3 is 14.5 Å². The molecular formula is C19H24FN3O4S. The van der Waals surface area contributed by atoms with E-state index in [1.807, 2.05) is 4.90 Å². The largest absolute Gasteiger partial charge is 0.384 e. The molecule has 1 fully saturated rings. The lowest BCUT2D eigenvalue weighted by Crippen LogP contribution is -2.37. The fourth-order valence-corrected chi connectivity index (χ4v) is 4.99. The van der Waals surface area contributed by atoms with E-state index in [9.17, 15) is 17.6 Å². The van der Waals surface area contributed by atoms with Crippen molar-refractivity contribution in [3.05, 3.63) is 41.2 Å². The molecule has 0 unspecified atom stereocenters. The van der Waals surface area contributed by atoms with Gasteiger partial charge in [0.1, 0.15) is 16.6 Å². The zero-order valence-corrected chi connectivity index (χ0v) is 16.8. The Kier molecular flexibility index (Phi) is 6.14. The highest BCUT2D eigenvalue weighted by atomic mass is 32.2. The van der Waals surface area contributed by atoms with Crippen LogP contribution in [-0.2, 0) is 19.6 Å². The molecule has 2 aliphatic rings. The first-order valence-electron chi connectivity index (χ1n) is 9.17. The van der Waals surface area contributed by atoms with Crippen molar-refractivity contribution in [1.29, 1.82) is 0 Å². The number of methoxy groups -OCH3 is 1. The molecule has 0 radical (unpaired) electrons. The summed E-state index contributed by atoms with van der Waals surface area (Å²) in [7, 11) is -2.29. The summed E-state index contributed by atoms with van der Waals surface area (Å²) in [6, 6.07) is 5.36. The molecule has 9 heteroatoms. The van der Waals surface area contributed by atoms with Gasteiger partial charge in [0.15, 0.2) is 0 Å². The summed E-state index contributed by atoms with van der Waals surface area (Å²) in [5.41, 5.74) is 0.967. The lowest BCUT2D eigenvalue weighted by atomic mass is 10.1. The second-order valence-electron chi connectivity index (χ2n) is 6.82. The van der Waals surface area contributed by atoms with Crippen molar-refractivity contribution >= 4 is 26.7 Å². The maximum atomic E-state index is 13.2. The minimum absolute atomic E-state index is 0.0314. The van der Waals surface area contributed by atoms with Gasteiger partial charge in [0.05, 0.1) is 13.0 Å². The van der Waals surface area contributed by atoms with E-state index in [0.717, 1.165) is 6.42 Å². The fourth-order valence-electron chi connectivity index (χ4n) is 3.51. The molecule has 2 heterocycles. The number of amides is 1. The number of sulfonamides is 1. The number of hydrogen-bond donors (Lipinski definition) is 0. The zero-order valence-electron chi connectivity index (χ0n) is 16.0. The Morgan fingerprint density at radius 1 is 1.18 bits per heavy atom. The van der Waals surface area contributed by atoms with Gasteiger partial charge >= 0.3 is 0 Å². The molecular weight excluding hydrogens is 385 g/mol. The van der Waals surface area contributed by atoms with Crippen molar-refractivity contribution in [3.63, 3.8) is 0 Å². The third kappa shape index (κ3) is 4.25. The molecule has 7 nitrogen and oxygen atoms in total. The quantitative estimate of drug-likeness (QED) is 0.759. The van der Waals surface area contributed by atoms with Gasteiger partial charge in [-0.05, 0) is 31.0 Å². The molecule has 152 valence electrons. The maximum absolute atomic E-state index is 13.2. The summed E-state index contributed by atoms with van der Waals surface area (Å²) < 4.78 is 47.5. The van der Waals surface area contributed by atoms with Crippen LogP contribution in [0.25, 0.3) is 4.91 Å². The lowest BCUT2D eigenvalue weighted by molar-refractivity contribution is -0.131. The average Bonchev–Trinajstić information content (AvgIpc) is 2.83. The van der Waals surface area contributed by atoms with Gasteiger partial charge in [-0.3, -0.25) is 4.79 Å². The van der Waals surface area contributed by atoms with E-state index in [2.05, 4.69) is 4.40 Å². The lowest BCUT2D eigenvalue weighted by Gasteiger charge is -2.23. The number of carbonyl (C=O) groups is 1. The van der Waals surface area contributed by atoms with Gasteiger partial charge in [-0.25, -0.2) is 4.39 Å². The minimum atomic E-state index is -3.85. The monoisotopic (exact) mass is 409 g/mol. The maximum Gasteiger partial charge on any atom is 0.285 e. The summed E-state index contributed by atoms with van der Waals surface area (Å²) in [4.78, 5) is 16.0. The van der Waals surface area contributed by atoms with E-state index >= 15 is 0 Å². The zero-order chi connectivity index (χ0) is 20.3. The predicted molar refractivity (Wildman–Crippen MR) is 105 cm³/mol. The number of ether oxygens (including phenoxy) is 1. The van der Waals surface area contributed by atoms with Gasteiger partial charge in [0.25, 0.3) is 10.0 Å². The summed E-state index contributed by atoms with van der Waals surface area (Å²) in [6.07, 6.45) is 1.05. The number of halogens is 1. The smallest absolute Gasteiger partial charge is 0.285 e. The van der Waals surface area contributed by atoms with Crippen LogP contribution in [0.15, 0.2) is 34.2 Å². The van der Waals surface area contributed by atoms with E-state index in [1.165, 1.54) is 24.3 Å². The average molecular weight is 409 g/mol. The Hall–Kier alpha value is -2.26. The third-order valence-corrected chi connectivity index (χ3v) is 6.39. The highest BCUT2D eigenvalue weighted by Crippen LogP contribution is 2.33. The third-order valence-electron chi connectivity index (χ3n) is 4.92. The molecule has 28 heavy (non-hydrogen) atoms. The van der Waals surface area contributed by atoms with E-state index in [4.69, 9.17) is 4.74 Å². The molecule has 1 aromatic rings. The molecule has 2 aliphatic heterocycles. The van der Waals surface area contributed by atoms with Crippen LogP contribution in [0.1, 0.15) is 25.3 Å². The second kappa shape index (κ2) is 8.40. The van der Waals surface area contributed by atoms with Gasteiger partial charge in [-0.2, -0.15) is 8.42 Å². The van der Waals surface area contributed by atoms with E-state index in [0.29, 0.717) is 56.2 Å². The first-order valence-corrected chi connectivity index (χ1v) is 10.6. The van der Waals surface area contributed by atoms with Crippen LogP contribution in [0.2, 0.25) is 0 Å². The molecule has 0 aromatic heterocycles. The first kappa shape index (κ1) is 20.5. The van der Waals surface area contributed by atoms with Crippen LogP contribution in [-0.4, -0.2) is 69.9 Å². The summed E-state index contributed by atoms with van der Waals surface area (Å²) in [5, 5.41) is 0. The van der Waals surface area contributed by atoms with E-state index in [-0.39, 0.29) is 10.8 Å². The molecule has 1 amide bonds. The topological polar surface area (TPSA) is 79.3 Å². The van der Waals surface area contributed by atoms with Crippen molar-refractivity contribution in [3.8, 4) is 0 Å². The Morgan fingerprint density at radius 3 is 2.57 bits per heavy atom. The standard InChI is InChI=1S/C19H24FN3O4S/c1-14-18(15-4-6-16(20)7-5-15)28(25,26)21-19(14)23-10-3-9-22(11-12-23)17(24)8-13-27-2/h4-7H,3,8-13H2,1-2H3. The molecule has 0 bridgehead atoms. The summed E-state index contributed by atoms with van der Waals surface area (Å²) in [5.74, 6) is 0.0127. The van der Waals surface area contributed by atoms with Crippen LogP contribution in [0.3, 0.4) is 0 Å². The molecule has 1 saturated heterocycles. The van der Waals surface area contributed by atoms with Crippen LogP contribution in [0.4, 0.5) is 4.39 Å². The van der Waals surface area contributed by atoms with Crippen molar-refractivity contribution in [2.24, 2.45) is 4.40 Å². The van der Waals surface area contributed by atoms with E-state index < -0.39 is 15.8 Å². The van der Waals surface area contributed by atoms with Crippen LogP contribution in [0, 0.1) is 5.82 Å². The van der Waals surface area contributed by atoms with Crippen LogP contribution >= 0.6 is 0 Å².